The Morgan fingerprint density at radius 1 is 1.29 bits per heavy atom. The lowest BCUT2D eigenvalue weighted by molar-refractivity contribution is 0.0988. The third kappa shape index (κ3) is 3.14. The van der Waals surface area contributed by atoms with E-state index < -0.39 is 0 Å². The molecule has 2 aromatic rings. The summed E-state index contributed by atoms with van der Waals surface area (Å²) in [5, 5.41) is 6.34. The first kappa shape index (κ1) is 14.2. The molecular formula is C16H19N3OS. The quantitative estimate of drug-likeness (QED) is 0.948. The Morgan fingerprint density at radius 3 is 2.71 bits per heavy atom. The number of anilines is 1. The van der Waals surface area contributed by atoms with Gasteiger partial charge in [-0.2, -0.15) is 0 Å². The van der Waals surface area contributed by atoms with Gasteiger partial charge >= 0.3 is 0 Å². The Balaban J connectivity index is 1.74. The van der Waals surface area contributed by atoms with Crippen molar-refractivity contribution in [3.05, 3.63) is 46.4 Å². The predicted octanol–water partition coefficient (Wildman–Crippen LogP) is 2.89. The zero-order valence-corrected chi connectivity index (χ0v) is 12.9. The van der Waals surface area contributed by atoms with Crippen molar-refractivity contribution in [1.29, 1.82) is 0 Å². The molecule has 1 aliphatic heterocycles. The van der Waals surface area contributed by atoms with Gasteiger partial charge in [0.2, 0.25) is 0 Å². The van der Waals surface area contributed by atoms with E-state index in [1.807, 2.05) is 35.7 Å². The normalized spacial score (nSPS) is 15.9. The molecule has 2 heterocycles. The van der Waals surface area contributed by atoms with E-state index in [1.54, 1.807) is 23.3 Å². The number of hydrogen-bond donors (Lipinski definition) is 1. The summed E-state index contributed by atoms with van der Waals surface area (Å²) >= 11 is 1.61. The second-order valence-electron chi connectivity index (χ2n) is 5.29. The highest BCUT2D eigenvalue weighted by molar-refractivity contribution is 7.10. The molecule has 1 aromatic carbocycles. The summed E-state index contributed by atoms with van der Waals surface area (Å²) in [6.45, 7) is 2.08. The highest BCUT2D eigenvalue weighted by Gasteiger charge is 2.22. The molecular weight excluding hydrogens is 282 g/mol. The van der Waals surface area contributed by atoms with Crippen LogP contribution < -0.4 is 10.2 Å². The number of carbonyl (C=O) groups is 1. The first-order valence-electron chi connectivity index (χ1n) is 7.25. The number of piperidine rings is 1. The summed E-state index contributed by atoms with van der Waals surface area (Å²) in [5.74, 6) is 0.456. The highest BCUT2D eigenvalue weighted by Crippen LogP contribution is 2.28. The molecule has 1 aliphatic rings. The van der Waals surface area contributed by atoms with Crippen molar-refractivity contribution in [2.24, 2.45) is 0 Å². The summed E-state index contributed by atoms with van der Waals surface area (Å²) in [7, 11) is 1.79. The molecule has 0 spiro atoms. The van der Waals surface area contributed by atoms with E-state index in [4.69, 9.17) is 0 Å². The molecule has 0 bridgehead atoms. The number of amides is 1. The van der Waals surface area contributed by atoms with Crippen LogP contribution in [0.15, 0.2) is 35.7 Å². The van der Waals surface area contributed by atoms with Gasteiger partial charge in [-0.25, -0.2) is 4.98 Å². The number of nitrogens with zero attached hydrogens (tertiary/aromatic N) is 2. The van der Waals surface area contributed by atoms with Crippen LogP contribution >= 0.6 is 11.3 Å². The lowest BCUT2D eigenvalue weighted by Gasteiger charge is -2.20. The third-order valence-electron chi connectivity index (χ3n) is 3.88. The number of hydrogen-bond acceptors (Lipinski definition) is 4. The molecule has 0 saturated carbocycles. The van der Waals surface area contributed by atoms with E-state index in [0.29, 0.717) is 11.6 Å². The van der Waals surface area contributed by atoms with Gasteiger partial charge in [0.1, 0.15) is 5.69 Å². The Labute approximate surface area is 128 Å². The van der Waals surface area contributed by atoms with Crippen LogP contribution in [-0.4, -0.2) is 31.0 Å². The zero-order valence-electron chi connectivity index (χ0n) is 12.1. The molecule has 1 saturated heterocycles. The fourth-order valence-corrected chi connectivity index (χ4v) is 3.55. The average molecular weight is 301 g/mol. The van der Waals surface area contributed by atoms with Gasteiger partial charge in [0.25, 0.3) is 5.91 Å². The molecule has 0 radical (unpaired) electrons. The van der Waals surface area contributed by atoms with Gasteiger partial charge in [-0.05, 0) is 38.1 Å². The van der Waals surface area contributed by atoms with Crippen LogP contribution in [0.3, 0.4) is 0 Å². The van der Waals surface area contributed by atoms with Crippen molar-refractivity contribution in [1.82, 2.24) is 10.3 Å². The Bertz CT molecular complexity index is 605. The number of carbonyl (C=O) groups excluding carboxylic acids is 1. The minimum Gasteiger partial charge on any atom is -0.317 e. The van der Waals surface area contributed by atoms with Gasteiger partial charge in [0.05, 0.1) is 5.01 Å². The summed E-state index contributed by atoms with van der Waals surface area (Å²) in [6, 6.07) is 9.66. The number of benzene rings is 1. The maximum atomic E-state index is 12.5. The standard InChI is InChI=1S/C16H19N3OS/c1-19(13-5-3-2-4-6-13)16(20)14-11-21-15(18-14)12-7-9-17-10-8-12/h2-6,11-12,17H,7-10H2,1H3. The van der Waals surface area contributed by atoms with Crippen molar-refractivity contribution in [2.45, 2.75) is 18.8 Å². The molecule has 1 N–H and O–H groups in total. The van der Waals surface area contributed by atoms with Crippen LogP contribution in [-0.2, 0) is 0 Å². The molecule has 0 atom stereocenters. The van der Waals surface area contributed by atoms with Gasteiger partial charge in [0.15, 0.2) is 0 Å². The van der Waals surface area contributed by atoms with Crippen LogP contribution in [0.1, 0.15) is 34.3 Å². The van der Waals surface area contributed by atoms with E-state index in [2.05, 4.69) is 10.3 Å². The van der Waals surface area contributed by atoms with Gasteiger partial charge in [0, 0.05) is 24.0 Å². The Kier molecular flexibility index (Phi) is 4.31. The second kappa shape index (κ2) is 6.37. The zero-order chi connectivity index (χ0) is 14.7. The number of nitrogens with one attached hydrogen (secondary N) is 1. The summed E-state index contributed by atoms with van der Waals surface area (Å²) in [4.78, 5) is 18.7. The molecule has 0 unspecified atom stereocenters. The first-order valence-corrected chi connectivity index (χ1v) is 8.13. The van der Waals surface area contributed by atoms with Crippen molar-refractivity contribution < 1.29 is 4.79 Å². The summed E-state index contributed by atoms with van der Waals surface area (Å²) in [6.07, 6.45) is 2.21. The highest BCUT2D eigenvalue weighted by atomic mass is 32.1. The van der Waals surface area contributed by atoms with Crippen molar-refractivity contribution >= 4 is 22.9 Å². The van der Waals surface area contributed by atoms with E-state index >= 15 is 0 Å². The Hall–Kier alpha value is -1.72. The predicted molar refractivity (Wildman–Crippen MR) is 86.1 cm³/mol. The SMILES string of the molecule is CN(C(=O)c1csc(C2CCNCC2)n1)c1ccccc1. The van der Waals surface area contributed by atoms with Gasteiger partial charge in [-0.1, -0.05) is 18.2 Å². The fourth-order valence-electron chi connectivity index (χ4n) is 2.58. The van der Waals surface area contributed by atoms with E-state index in [1.165, 1.54) is 0 Å². The van der Waals surface area contributed by atoms with Crippen molar-refractivity contribution in [3.63, 3.8) is 0 Å². The largest absolute Gasteiger partial charge is 0.317 e. The van der Waals surface area contributed by atoms with Gasteiger partial charge in [-0.15, -0.1) is 11.3 Å². The van der Waals surface area contributed by atoms with Crippen molar-refractivity contribution in [2.75, 3.05) is 25.0 Å². The molecule has 1 fully saturated rings. The van der Waals surface area contributed by atoms with Crippen LogP contribution in [0.25, 0.3) is 0 Å². The van der Waals surface area contributed by atoms with Crippen LogP contribution in [0.2, 0.25) is 0 Å². The smallest absolute Gasteiger partial charge is 0.277 e. The van der Waals surface area contributed by atoms with E-state index in [9.17, 15) is 4.79 Å². The molecule has 0 aliphatic carbocycles. The van der Waals surface area contributed by atoms with Crippen LogP contribution in [0.5, 0.6) is 0 Å². The minimum atomic E-state index is -0.0439. The number of thiazole rings is 1. The summed E-state index contributed by atoms with van der Waals surface area (Å²) in [5.41, 5.74) is 1.44. The number of para-hydroxylation sites is 1. The molecule has 5 heteroatoms. The molecule has 21 heavy (non-hydrogen) atoms. The second-order valence-corrected chi connectivity index (χ2v) is 6.18. The molecule has 1 aromatic heterocycles. The number of aromatic nitrogens is 1. The lowest BCUT2D eigenvalue weighted by atomic mass is 9.99. The van der Waals surface area contributed by atoms with Gasteiger partial charge < -0.3 is 10.2 Å². The maximum Gasteiger partial charge on any atom is 0.277 e. The van der Waals surface area contributed by atoms with Crippen LogP contribution in [0, 0.1) is 0 Å². The van der Waals surface area contributed by atoms with E-state index in [0.717, 1.165) is 36.6 Å². The molecule has 110 valence electrons. The van der Waals surface area contributed by atoms with Crippen LogP contribution in [0.4, 0.5) is 5.69 Å². The molecule has 3 rings (SSSR count). The molecule has 4 nitrogen and oxygen atoms in total. The lowest BCUT2D eigenvalue weighted by Crippen LogP contribution is -2.27. The minimum absolute atomic E-state index is 0.0439. The van der Waals surface area contributed by atoms with Crippen molar-refractivity contribution in [3.8, 4) is 0 Å². The van der Waals surface area contributed by atoms with Gasteiger partial charge in [-0.3, -0.25) is 4.79 Å². The average Bonchev–Trinajstić information content (AvgIpc) is 3.05. The monoisotopic (exact) mass is 301 g/mol. The maximum absolute atomic E-state index is 12.5. The summed E-state index contributed by atoms with van der Waals surface area (Å²) < 4.78 is 0. The third-order valence-corrected chi connectivity index (χ3v) is 4.88. The topological polar surface area (TPSA) is 45.2 Å². The fraction of sp³-hybridized carbons (Fsp3) is 0.375. The number of rotatable bonds is 3. The van der Waals surface area contributed by atoms with E-state index in [-0.39, 0.29) is 5.91 Å². The molecule has 1 amide bonds. The Morgan fingerprint density at radius 2 is 2.00 bits per heavy atom. The first-order chi connectivity index (χ1) is 10.3.